The minimum Gasteiger partial charge on any atom is -0.497 e. The van der Waals surface area contributed by atoms with Crippen molar-refractivity contribution in [2.24, 2.45) is 5.10 Å². The van der Waals surface area contributed by atoms with Gasteiger partial charge in [-0.3, -0.25) is 14.9 Å². The first kappa shape index (κ1) is 20.2. The Bertz CT molecular complexity index is 1310. The van der Waals surface area contributed by atoms with Gasteiger partial charge in [-0.15, -0.1) is 0 Å². The summed E-state index contributed by atoms with van der Waals surface area (Å²) in [7, 11) is 1.57. The van der Waals surface area contributed by atoms with Gasteiger partial charge in [-0.05, 0) is 43.3 Å². The van der Waals surface area contributed by atoms with Gasteiger partial charge >= 0.3 is 5.88 Å². The highest BCUT2D eigenvalue weighted by Crippen LogP contribution is 2.32. The molecule has 0 aliphatic heterocycles. The molecule has 0 unspecified atom stereocenters. The third-order valence-corrected chi connectivity index (χ3v) is 5.31. The number of nitrogens with zero attached hydrogens (tertiary/aromatic N) is 4. The molecule has 0 N–H and O–H groups in total. The molecule has 156 valence electrons. The lowest BCUT2D eigenvalue weighted by molar-refractivity contribution is -0.402. The smallest absolute Gasteiger partial charge is 0.433 e. The molecule has 1 amide bonds. The second kappa shape index (κ2) is 8.36. The lowest BCUT2D eigenvalue weighted by Crippen LogP contribution is -2.25. The van der Waals surface area contributed by atoms with Crippen molar-refractivity contribution in [1.82, 2.24) is 4.98 Å². The summed E-state index contributed by atoms with van der Waals surface area (Å²) >= 11 is 1.27. The van der Waals surface area contributed by atoms with E-state index < -0.39 is 16.7 Å². The molecule has 0 aliphatic carbocycles. The number of rotatable bonds is 6. The average molecular weight is 436 g/mol. The highest BCUT2D eigenvalue weighted by Gasteiger charge is 2.22. The third kappa shape index (κ3) is 4.28. The molecule has 9 nitrogen and oxygen atoms in total. The lowest BCUT2D eigenvalue weighted by atomic mass is 10.1. The minimum absolute atomic E-state index is 0.136. The highest BCUT2D eigenvalue weighted by molar-refractivity contribution is 7.22. The summed E-state index contributed by atoms with van der Waals surface area (Å²) in [4.78, 5) is 28.0. The van der Waals surface area contributed by atoms with Gasteiger partial charge in [0.25, 0.3) is 5.91 Å². The number of amides is 1. The monoisotopic (exact) mass is 436 g/mol. The molecule has 2 aromatic carbocycles. The molecule has 31 heavy (non-hydrogen) atoms. The van der Waals surface area contributed by atoms with E-state index in [0.717, 1.165) is 15.3 Å². The molecule has 0 aliphatic rings. The number of nitro groups is 1. The predicted octanol–water partition coefficient (Wildman–Crippen LogP) is 4.80. The number of aryl methyl sites for hydroxylation is 1. The van der Waals surface area contributed by atoms with E-state index in [2.05, 4.69) is 10.1 Å². The molecular weight excluding hydrogens is 420 g/mol. The molecule has 2 aromatic heterocycles. The minimum atomic E-state index is -0.645. The van der Waals surface area contributed by atoms with Crippen LogP contribution in [0.4, 0.5) is 11.0 Å². The number of fused-ring (bicyclic) bond motifs is 1. The first-order valence-electron chi connectivity index (χ1n) is 9.08. The second-order valence-electron chi connectivity index (χ2n) is 6.49. The Balaban J connectivity index is 1.75. The fraction of sp³-hybridized carbons (Fsp3) is 0.0952. The Morgan fingerprint density at radius 2 is 2.10 bits per heavy atom. The highest BCUT2D eigenvalue weighted by atomic mass is 32.1. The molecule has 0 saturated carbocycles. The zero-order valence-electron chi connectivity index (χ0n) is 16.5. The van der Waals surface area contributed by atoms with Crippen LogP contribution in [0.2, 0.25) is 0 Å². The van der Waals surface area contributed by atoms with Crippen LogP contribution in [-0.2, 0) is 0 Å². The van der Waals surface area contributed by atoms with E-state index in [0.29, 0.717) is 22.0 Å². The van der Waals surface area contributed by atoms with Gasteiger partial charge in [0.2, 0.25) is 5.13 Å². The van der Waals surface area contributed by atoms with Gasteiger partial charge in [0.1, 0.15) is 10.7 Å². The Morgan fingerprint density at radius 1 is 1.26 bits per heavy atom. The standard InChI is InChI=1S/C21H16N4O5S/c1-13-4-3-5-14(10-13)20(26)24(22-12-16-7-9-19(30-16)25(27)28)21-23-17-8-6-15(29-2)11-18(17)31-21/h3-12H,1-2H3/b22-12+. The lowest BCUT2D eigenvalue weighted by Gasteiger charge is -2.13. The number of carbonyl (C=O) groups excluding carboxylic acids is 1. The number of furan rings is 1. The summed E-state index contributed by atoms with van der Waals surface area (Å²) in [5, 5.41) is 16.6. The maximum Gasteiger partial charge on any atom is 0.433 e. The van der Waals surface area contributed by atoms with E-state index in [-0.39, 0.29) is 5.76 Å². The molecule has 0 radical (unpaired) electrons. The van der Waals surface area contributed by atoms with Gasteiger partial charge in [0, 0.05) is 5.56 Å². The van der Waals surface area contributed by atoms with Crippen LogP contribution in [0.3, 0.4) is 0 Å². The number of carbonyl (C=O) groups is 1. The summed E-state index contributed by atoms with van der Waals surface area (Å²) in [5.74, 6) is -0.000649. The summed E-state index contributed by atoms with van der Waals surface area (Å²) in [6.45, 7) is 1.89. The molecule has 2 heterocycles. The molecule has 0 bridgehead atoms. The molecule has 0 atom stereocenters. The van der Waals surface area contributed by atoms with E-state index in [1.165, 1.54) is 29.7 Å². The van der Waals surface area contributed by atoms with Crippen molar-refractivity contribution in [1.29, 1.82) is 0 Å². The number of hydrogen-bond donors (Lipinski definition) is 0. The van der Waals surface area contributed by atoms with Gasteiger partial charge < -0.3 is 9.15 Å². The quantitative estimate of drug-likeness (QED) is 0.244. The predicted molar refractivity (Wildman–Crippen MR) is 117 cm³/mol. The Labute approximate surface area is 180 Å². The molecule has 10 heteroatoms. The SMILES string of the molecule is COc1ccc2nc(N(/N=C/c3ccc([N+](=O)[O-])o3)C(=O)c3cccc(C)c3)sc2c1. The molecule has 0 spiro atoms. The number of benzene rings is 2. The first-order valence-corrected chi connectivity index (χ1v) is 9.90. The van der Waals surface area contributed by atoms with Crippen molar-refractivity contribution >= 4 is 44.7 Å². The van der Waals surface area contributed by atoms with Crippen LogP contribution >= 0.6 is 11.3 Å². The number of hydrazone groups is 1. The molecular formula is C21H16N4O5S. The van der Waals surface area contributed by atoms with Crippen LogP contribution in [0.1, 0.15) is 21.7 Å². The van der Waals surface area contributed by atoms with Gasteiger partial charge in [0.05, 0.1) is 29.6 Å². The fourth-order valence-electron chi connectivity index (χ4n) is 2.82. The van der Waals surface area contributed by atoms with Gasteiger partial charge in [-0.1, -0.05) is 29.0 Å². The summed E-state index contributed by atoms with van der Waals surface area (Å²) in [5.41, 5.74) is 2.04. The van der Waals surface area contributed by atoms with Crippen molar-refractivity contribution < 1.29 is 18.9 Å². The van der Waals surface area contributed by atoms with Crippen LogP contribution in [-0.4, -0.2) is 29.1 Å². The van der Waals surface area contributed by atoms with E-state index >= 15 is 0 Å². The molecule has 0 fully saturated rings. The maximum absolute atomic E-state index is 13.2. The van der Waals surface area contributed by atoms with Crippen LogP contribution in [0, 0.1) is 17.0 Å². The van der Waals surface area contributed by atoms with Crippen molar-refractivity contribution in [2.75, 3.05) is 12.1 Å². The van der Waals surface area contributed by atoms with Gasteiger partial charge in [-0.25, -0.2) is 4.98 Å². The normalized spacial score (nSPS) is 11.2. The maximum atomic E-state index is 13.2. The fourth-order valence-corrected chi connectivity index (χ4v) is 3.77. The van der Waals surface area contributed by atoms with Crippen LogP contribution in [0.15, 0.2) is 64.1 Å². The zero-order chi connectivity index (χ0) is 22.0. The number of aromatic nitrogens is 1. The summed E-state index contributed by atoms with van der Waals surface area (Å²) < 4.78 is 11.2. The Hall–Kier alpha value is -4.05. The zero-order valence-corrected chi connectivity index (χ0v) is 17.3. The van der Waals surface area contributed by atoms with E-state index in [9.17, 15) is 14.9 Å². The van der Waals surface area contributed by atoms with Crippen molar-refractivity contribution in [3.05, 3.63) is 81.6 Å². The largest absolute Gasteiger partial charge is 0.497 e. The van der Waals surface area contributed by atoms with Gasteiger partial charge in [0.15, 0.2) is 5.76 Å². The molecule has 4 aromatic rings. The average Bonchev–Trinajstić information content (AvgIpc) is 3.40. The summed E-state index contributed by atoms with van der Waals surface area (Å²) in [6.07, 6.45) is 1.24. The van der Waals surface area contributed by atoms with Crippen molar-refractivity contribution in [2.45, 2.75) is 6.92 Å². The molecule has 0 saturated heterocycles. The van der Waals surface area contributed by atoms with E-state index in [1.807, 2.05) is 19.1 Å². The first-order chi connectivity index (χ1) is 14.9. The number of thiazole rings is 1. The van der Waals surface area contributed by atoms with E-state index in [4.69, 9.17) is 9.15 Å². The number of anilines is 1. The second-order valence-corrected chi connectivity index (χ2v) is 7.50. The van der Waals surface area contributed by atoms with Crippen LogP contribution in [0.25, 0.3) is 10.2 Å². The number of methoxy groups -OCH3 is 1. The van der Waals surface area contributed by atoms with Gasteiger partial charge in [-0.2, -0.15) is 10.1 Å². The van der Waals surface area contributed by atoms with E-state index in [1.54, 1.807) is 37.4 Å². The van der Waals surface area contributed by atoms with Crippen molar-refractivity contribution in [3.63, 3.8) is 0 Å². The number of hydrogen-bond acceptors (Lipinski definition) is 8. The van der Waals surface area contributed by atoms with Crippen molar-refractivity contribution in [3.8, 4) is 5.75 Å². The Kier molecular flexibility index (Phi) is 5.46. The van der Waals surface area contributed by atoms with Crippen LogP contribution in [0.5, 0.6) is 5.75 Å². The summed E-state index contributed by atoms with van der Waals surface area (Å²) in [6, 6.07) is 15.1. The van der Waals surface area contributed by atoms with Crippen LogP contribution < -0.4 is 9.75 Å². The molecule has 4 rings (SSSR count). The Morgan fingerprint density at radius 3 is 2.81 bits per heavy atom. The number of ether oxygens (including phenoxy) is 1. The topological polar surface area (TPSA) is 111 Å². The third-order valence-electron chi connectivity index (χ3n) is 4.32.